The predicted octanol–water partition coefficient (Wildman–Crippen LogP) is 6.76. The van der Waals surface area contributed by atoms with Gasteiger partial charge in [0, 0.05) is 0 Å². The fourth-order valence-electron chi connectivity index (χ4n) is 2.62. The Labute approximate surface area is 152 Å². The van der Waals surface area contributed by atoms with Gasteiger partial charge in [0.05, 0.1) is 6.61 Å². The highest BCUT2D eigenvalue weighted by Crippen LogP contribution is 2.15. The summed E-state index contributed by atoms with van der Waals surface area (Å²) in [6, 6.07) is 7.69. The molecule has 0 spiro atoms. The van der Waals surface area contributed by atoms with Crippen LogP contribution in [0.1, 0.15) is 76.7 Å². The molecule has 0 radical (unpaired) electrons. The summed E-state index contributed by atoms with van der Waals surface area (Å²) in [5.74, 6) is 0.875. The molecule has 2 nitrogen and oxygen atoms in total. The van der Waals surface area contributed by atoms with Gasteiger partial charge in [0.2, 0.25) is 5.24 Å². The molecule has 1 rings (SSSR count). The lowest BCUT2D eigenvalue weighted by Crippen LogP contribution is -1.97. The van der Waals surface area contributed by atoms with Crippen LogP contribution in [-0.4, -0.2) is 11.8 Å². The van der Waals surface area contributed by atoms with Crippen LogP contribution in [0.5, 0.6) is 5.75 Å². The van der Waals surface area contributed by atoms with E-state index in [2.05, 4.69) is 6.92 Å². The molecule has 134 valence electrons. The lowest BCUT2D eigenvalue weighted by atomic mass is 10.1. The van der Waals surface area contributed by atoms with Crippen molar-refractivity contribution in [2.45, 2.75) is 71.1 Å². The molecule has 0 heterocycles. The number of carbonyl (C=O) groups excluding carboxylic acids is 1. The summed E-state index contributed by atoms with van der Waals surface area (Å²) < 4.78 is 5.74. The molecule has 24 heavy (non-hydrogen) atoms. The van der Waals surface area contributed by atoms with Crippen LogP contribution in [0.15, 0.2) is 30.3 Å². The zero-order chi connectivity index (χ0) is 17.5. The smallest absolute Gasteiger partial charge is 0.245 e. The largest absolute Gasteiger partial charge is 0.494 e. The zero-order valence-corrected chi connectivity index (χ0v) is 15.7. The van der Waals surface area contributed by atoms with Crippen LogP contribution >= 0.6 is 11.6 Å². The third kappa shape index (κ3) is 11.3. The first-order valence-corrected chi connectivity index (χ1v) is 9.70. The Morgan fingerprint density at radius 2 is 1.46 bits per heavy atom. The number of hydrogen-bond donors (Lipinski definition) is 0. The molecule has 0 atom stereocenters. The van der Waals surface area contributed by atoms with E-state index in [1.54, 1.807) is 6.08 Å². The molecule has 0 amide bonds. The number of allylic oxidation sites excluding steroid dienone is 1. The van der Waals surface area contributed by atoms with E-state index in [0.29, 0.717) is 0 Å². The molecule has 0 saturated heterocycles. The number of benzene rings is 1. The quantitative estimate of drug-likeness (QED) is 0.210. The van der Waals surface area contributed by atoms with Gasteiger partial charge in [-0.1, -0.05) is 82.9 Å². The van der Waals surface area contributed by atoms with Crippen molar-refractivity contribution in [2.75, 3.05) is 6.61 Å². The van der Waals surface area contributed by atoms with Crippen LogP contribution in [0.25, 0.3) is 6.08 Å². The molecule has 0 aliphatic rings. The average Bonchev–Trinajstić information content (AvgIpc) is 2.59. The Bertz CT molecular complexity index is 465. The van der Waals surface area contributed by atoms with E-state index in [9.17, 15) is 4.79 Å². The maximum atomic E-state index is 10.7. The van der Waals surface area contributed by atoms with Crippen molar-refractivity contribution >= 4 is 22.9 Å². The molecule has 0 saturated carbocycles. The number of rotatable bonds is 14. The minimum absolute atomic E-state index is 0.462. The molecule has 0 unspecified atom stereocenters. The Kier molecular flexibility index (Phi) is 12.2. The Hall–Kier alpha value is -1.28. The van der Waals surface area contributed by atoms with Crippen LogP contribution in [0.4, 0.5) is 0 Å². The molecule has 0 aromatic heterocycles. The van der Waals surface area contributed by atoms with Crippen molar-refractivity contribution in [3.63, 3.8) is 0 Å². The average molecular weight is 351 g/mol. The third-order valence-electron chi connectivity index (χ3n) is 4.05. The second-order valence-corrected chi connectivity index (χ2v) is 6.61. The highest BCUT2D eigenvalue weighted by Gasteiger charge is 1.96. The Morgan fingerprint density at radius 3 is 2.00 bits per heavy atom. The van der Waals surface area contributed by atoms with Gasteiger partial charge in [0.15, 0.2) is 0 Å². The van der Waals surface area contributed by atoms with E-state index in [0.717, 1.165) is 24.3 Å². The van der Waals surface area contributed by atoms with Crippen molar-refractivity contribution in [3.05, 3.63) is 35.9 Å². The first-order valence-electron chi connectivity index (χ1n) is 9.33. The predicted molar refractivity (Wildman–Crippen MR) is 104 cm³/mol. The topological polar surface area (TPSA) is 26.3 Å². The standard InChI is InChI=1S/C21H31ClO2/c1-2-3-4-5-6-7-8-9-10-11-18-24-20-15-12-19(13-16-20)14-17-21(22)23/h12-17H,2-11,18H2,1H3. The lowest BCUT2D eigenvalue weighted by molar-refractivity contribution is -0.107. The van der Waals surface area contributed by atoms with Crippen molar-refractivity contribution in [2.24, 2.45) is 0 Å². The van der Waals surface area contributed by atoms with E-state index in [1.165, 1.54) is 63.9 Å². The van der Waals surface area contributed by atoms with Gasteiger partial charge >= 0.3 is 0 Å². The number of halogens is 1. The van der Waals surface area contributed by atoms with E-state index in [1.807, 2.05) is 24.3 Å². The van der Waals surface area contributed by atoms with Crippen LogP contribution in [-0.2, 0) is 4.79 Å². The van der Waals surface area contributed by atoms with Gasteiger partial charge in [-0.15, -0.1) is 0 Å². The van der Waals surface area contributed by atoms with Crippen molar-refractivity contribution in [1.82, 2.24) is 0 Å². The van der Waals surface area contributed by atoms with Crippen LogP contribution in [0, 0.1) is 0 Å². The van der Waals surface area contributed by atoms with Gasteiger partial charge < -0.3 is 4.74 Å². The molecule has 0 bridgehead atoms. The molecule has 0 N–H and O–H groups in total. The van der Waals surface area contributed by atoms with E-state index in [-0.39, 0.29) is 0 Å². The van der Waals surface area contributed by atoms with Gasteiger partial charge in [0.1, 0.15) is 5.75 Å². The summed E-state index contributed by atoms with van der Waals surface area (Å²) in [5, 5.41) is -0.462. The molecule has 0 fully saturated rings. The van der Waals surface area contributed by atoms with Crippen molar-refractivity contribution < 1.29 is 9.53 Å². The lowest BCUT2D eigenvalue weighted by Gasteiger charge is -2.06. The Balaban J connectivity index is 2.00. The Morgan fingerprint density at radius 1 is 0.917 bits per heavy atom. The fourth-order valence-corrected chi connectivity index (χ4v) is 2.68. The summed E-state index contributed by atoms with van der Waals surface area (Å²) >= 11 is 5.27. The fraction of sp³-hybridized carbons (Fsp3) is 0.571. The molecular weight excluding hydrogens is 320 g/mol. The van der Waals surface area contributed by atoms with Gasteiger partial charge in [-0.05, 0) is 41.8 Å². The first-order chi connectivity index (χ1) is 11.7. The monoisotopic (exact) mass is 350 g/mol. The number of unbranched alkanes of at least 4 members (excludes halogenated alkanes) is 9. The first kappa shape index (κ1) is 20.8. The second kappa shape index (κ2) is 14.1. The molecule has 0 aliphatic heterocycles. The molecule has 1 aromatic rings. The highest BCUT2D eigenvalue weighted by molar-refractivity contribution is 6.66. The molecule has 0 aliphatic carbocycles. The van der Waals surface area contributed by atoms with Crippen LogP contribution in [0.3, 0.4) is 0 Å². The maximum absolute atomic E-state index is 10.7. The normalized spacial score (nSPS) is 11.1. The number of carbonyl (C=O) groups is 1. The number of hydrogen-bond acceptors (Lipinski definition) is 2. The minimum Gasteiger partial charge on any atom is -0.494 e. The third-order valence-corrected chi connectivity index (χ3v) is 4.18. The van der Waals surface area contributed by atoms with E-state index >= 15 is 0 Å². The summed E-state index contributed by atoms with van der Waals surface area (Å²) in [5.41, 5.74) is 0.940. The number of ether oxygens (including phenoxy) is 1. The zero-order valence-electron chi connectivity index (χ0n) is 14.9. The van der Waals surface area contributed by atoms with Gasteiger partial charge in [0.25, 0.3) is 0 Å². The summed E-state index contributed by atoms with van der Waals surface area (Å²) in [7, 11) is 0. The summed E-state index contributed by atoms with van der Waals surface area (Å²) in [6.07, 6.45) is 16.4. The maximum Gasteiger partial charge on any atom is 0.245 e. The van der Waals surface area contributed by atoms with Crippen molar-refractivity contribution in [3.8, 4) is 5.75 Å². The molecule has 3 heteroatoms. The second-order valence-electron chi connectivity index (χ2n) is 6.24. The van der Waals surface area contributed by atoms with Crippen LogP contribution < -0.4 is 4.74 Å². The van der Waals surface area contributed by atoms with Crippen molar-refractivity contribution in [1.29, 1.82) is 0 Å². The van der Waals surface area contributed by atoms with Gasteiger partial charge in [-0.25, -0.2) is 0 Å². The van der Waals surface area contributed by atoms with Crippen LogP contribution in [0.2, 0.25) is 0 Å². The van der Waals surface area contributed by atoms with Gasteiger partial charge in [-0.2, -0.15) is 0 Å². The van der Waals surface area contributed by atoms with Gasteiger partial charge in [-0.3, -0.25) is 4.79 Å². The summed E-state index contributed by atoms with van der Waals surface area (Å²) in [6.45, 7) is 3.03. The molecular formula is C21H31ClO2. The van der Waals surface area contributed by atoms with E-state index in [4.69, 9.17) is 16.3 Å². The minimum atomic E-state index is -0.462. The SMILES string of the molecule is CCCCCCCCCCCCOc1ccc(C=CC(=O)Cl)cc1. The molecule has 1 aromatic carbocycles. The highest BCUT2D eigenvalue weighted by atomic mass is 35.5. The van der Waals surface area contributed by atoms with E-state index < -0.39 is 5.24 Å². The summed E-state index contributed by atoms with van der Waals surface area (Å²) in [4.78, 5) is 10.7.